The first-order valence-electron chi connectivity index (χ1n) is 13.7. The van der Waals surface area contributed by atoms with Gasteiger partial charge in [-0.15, -0.1) is 0 Å². The lowest BCUT2D eigenvalue weighted by Gasteiger charge is -2.64. The average Bonchev–Trinajstić information content (AvgIpc) is 3.01. The second-order valence-electron chi connectivity index (χ2n) is 11.7. The molecule has 0 radical (unpaired) electrons. The Kier molecular flexibility index (Phi) is 9.91. The van der Waals surface area contributed by atoms with Gasteiger partial charge in [-0.25, -0.2) is 0 Å². The molecule has 220 valence electrons. The van der Waals surface area contributed by atoms with E-state index in [0.717, 1.165) is 0 Å². The second kappa shape index (κ2) is 12.1. The van der Waals surface area contributed by atoms with Gasteiger partial charge in [-0.2, -0.15) is 0 Å². The van der Waals surface area contributed by atoms with Crippen LogP contribution in [-0.4, -0.2) is 98.9 Å². The van der Waals surface area contributed by atoms with Gasteiger partial charge in [0.25, 0.3) is 0 Å². The van der Waals surface area contributed by atoms with Gasteiger partial charge in [0.2, 0.25) is 0 Å². The molecule has 10 heteroatoms. The van der Waals surface area contributed by atoms with Crippen LogP contribution in [0.1, 0.15) is 53.9 Å². The normalized spacial score (nSPS) is 42.6. The van der Waals surface area contributed by atoms with E-state index in [1.807, 2.05) is 13.8 Å². The van der Waals surface area contributed by atoms with E-state index in [1.54, 1.807) is 28.3 Å². The number of esters is 2. The maximum Gasteiger partial charge on any atom is 0.302 e. The topological polar surface area (TPSA) is 130 Å². The van der Waals surface area contributed by atoms with E-state index in [1.165, 1.54) is 21.0 Å². The van der Waals surface area contributed by atoms with Crippen LogP contribution in [0.15, 0.2) is 0 Å². The van der Waals surface area contributed by atoms with Crippen molar-refractivity contribution in [3.8, 4) is 0 Å². The van der Waals surface area contributed by atoms with Crippen LogP contribution in [0.4, 0.5) is 0 Å². The molecule has 3 aliphatic rings. The third-order valence-electron chi connectivity index (χ3n) is 9.83. The number of rotatable bonds is 11. The Bertz CT molecular complexity index is 836. The van der Waals surface area contributed by atoms with Gasteiger partial charge in [-0.05, 0) is 49.9 Å². The van der Waals surface area contributed by atoms with Crippen molar-refractivity contribution in [1.82, 2.24) is 0 Å². The first-order valence-corrected chi connectivity index (χ1v) is 13.7. The molecule has 3 fully saturated rings. The highest BCUT2D eigenvalue weighted by molar-refractivity contribution is 5.66. The van der Waals surface area contributed by atoms with Crippen LogP contribution < -0.4 is 0 Å². The molecule has 0 spiro atoms. The van der Waals surface area contributed by atoms with Crippen LogP contribution in [-0.2, 0) is 38.0 Å². The summed E-state index contributed by atoms with van der Waals surface area (Å²) < 4.78 is 34.7. The quantitative estimate of drug-likeness (QED) is 0.372. The number of fused-ring (bicyclic) bond motifs is 3. The van der Waals surface area contributed by atoms with Crippen LogP contribution in [0.5, 0.6) is 0 Å². The van der Waals surface area contributed by atoms with E-state index < -0.39 is 41.6 Å². The number of hydrogen-bond donors (Lipinski definition) is 2. The Morgan fingerprint density at radius 1 is 1.03 bits per heavy atom. The molecule has 1 unspecified atom stereocenters. The third kappa shape index (κ3) is 5.24. The summed E-state index contributed by atoms with van der Waals surface area (Å²) in [7, 11) is 6.48. The van der Waals surface area contributed by atoms with Gasteiger partial charge in [0.15, 0.2) is 0 Å². The number of carbonyl (C=O) groups excluding carboxylic acids is 2. The number of carbonyl (C=O) groups is 2. The lowest BCUT2D eigenvalue weighted by Crippen LogP contribution is -2.70. The summed E-state index contributed by atoms with van der Waals surface area (Å²) in [4.78, 5) is 23.5. The zero-order valence-corrected chi connectivity index (χ0v) is 24.3. The van der Waals surface area contributed by atoms with E-state index in [0.29, 0.717) is 25.9 Å². The summed E-state index contributed by atoms with van der Waals surface area (Å²) in [6.45, 7) is 8.64. The first kappa shape index (κ1) is 31.2. The van der Waals surface area contributed by atoms with Crippen molar-refractivity contribution in [3.63, 3.8) is 0 Å². The van der Waals surface area contributed by atoms with Gasteiger partial charge in [0, 0.05) is 61.0 Å². The lowest BCUT2D eigenvalue weighted by atomic mass is 9.46. The second-order valence-corrected chi connectivity index (χ2v) is 11.7. The van der Waals surface area contributed by atoms with E-state index in [4.69, 9.17) is 28.4 Å². The molecule has 0 saturated heterocycles. The van der Waals surface area contributed by atoms with Gasteiger partial charge < -0.3 is 38.6 Å². The van der Waals surface area contributed by atoms with Crippen molar-refractivity contribution in [1.29, 1.82) is 0 Å². The minimum absolute atomic E-state index is 0.00415. The SMILES string of the molecule is COC[C@@H]1[C@@H]2C([C@@H]3C[C@@](O)([C@@H](OC)[C@@H](C)OC(C)=O)[C@H](C)[C@@H]3[C@@H](O)C[C@@H]2OC)[C@@]1(C[C@H](C)OC(C)=O)OC. The van der Waals surface area contributed by atoms with Gasteiger partial charge in [0.05, 0.1) is 30.0 Å². The predicted molar refractivity (Wildman–Crippen MR) is 137 cm³/mol. The molecule has 0 heterocycles. The van der Waals surface area contributed by atoms with Gasteiger partial charge in [-0.3, -0.25) is 9.59 Å². The molecule has 0 amide bonds. The van der Waals surface area contributed by atoms with Crippen molar-refractivity contribution in [2.24, 2.45) is 35.5 Å². The molecule has 0 bridgehead atoms. The largest absolute Gasteiger partial charge is 0.463 e. The van der Waals surface area contributed by atoms with E-state index >= 15 is 0 Å². The van der Waals surface area contributed by atoms with Crippen molar-refractivity contribution >= 4 is 11.9 Å². The van der Waals surface area contributed by atoms with Crippen molar-refractivity contribution in [2.75, 3.05) is 35.0 Å². The summed E-state index contributed by atoms with van der Waals surface area (Å²) in [6.07, 6.45) is -1.67. The van der Waals surface area contributed by atoms with Crippen LogP contribution in [0, 0.1) is 35.5 Å². The van der Waals surface area contributed by atoms with E-state index in [2.05, 4.69) is 0 Å². The monoisotopic (exact) mass is 544 g/mol. The predicted octanol–water partition coefficient (Wildman–Crippen LogP) is 1.97. The molecule has 10 nitrogen and oxygen atoms in total. The van der Waals surface area contributed by atoms with Crippen molar-refractivity contribution in [2.45, 2.75) is 95.6 Å². The van der Waals surface area contributed by atoms with Gasteiger partial charge in [0.1, 0.15) is 18.3 Å². The maximum absolute atomic E-state index is 12.2. The van der Waals surface area contributed by atoms with Gasteiger partial charge >= 0.3 is 11.9 Å². The summed E-state index contributed by atoms with van der Waals surface area (Å²) in [5, 5.41) is 23.8. The maximum atomic E-state index is 12.2. The third-order valence-corrected chi connectivity index (χ3v) is 9.83. The summed E-state index contributed by atoms with van der Waals surface area (Å²) in [6, 6.07) is 0. The number of aliphatic hydroxyl groups is 2. The molecule has 0 aliphatic heterocycles. The lowest BCUT2D eigenvalue weighted by molar-refractivity contribution is -0.278. The molecule has 3 rings (SSSR count). The van der Waals surface area contributed by atoms with Gasteiger partial charge in [-0.1, -0.05) is 6.92 Å². The van der Waals surface area contributed by atoms with E-state index in [-0.39, 0.29) is 47.6 Å². The summed E-state index contributed by atoms with van der Waals surface area (Å²) in [5.74, 6) is -1.82. The highest BCUT2D eigenvalue weighted by atomic mass is 16.6. The number of ether oxygens (including phenoxy) is 6. The highest BCUT2D eigenvalue weighted by Crippen LogP contribution is 2.67. The van der Waals surface area contributed by atoms with Crippen LogP contribution in [0.25, 0.3) is 0 Å². The Labute approximate surface area is 226 Å². The van der Waals surface area contributed by atoms with Crippen LogP contribution in [0.2, 0.25) is 0 Å². The molecule has 0 aromatic rings. The highest BCUT2D eigenvalue weighted by Gasteiger charge is 2.73. The van der Waals surface area contributed by atoms with E-state index in [9.17, 15) is 19.8 Å². The molecule has 3 aliphatic carbocycles. The Morgan fingerprint density at radius 3 is 2.16 bits per heavy atom. The zero-order valence-electron chi connectivity index (χ0n) is 24.3. The molecular weight excluding hydrogens is 496 g/mol. The Balaban J connectivity index is 2.09. The molecule has 2 N–H and O–H groups in total. The average molecular weight is 545 g/mol. The van der Waals surface area contributed by atoms with Crippen LogP contribution in [0.3, 0.4) is 0 Å². The number of methoxy groups -OCH3 is 4. The fourth-order valence-electron chi connectivity index (χ4n) is 8.73. The summed E-state index contributed by atoms with van der Waals surface area (Å²) in [5.41, 5.74) is -2.09. The molecule has 3 saturated carbocycles. The molecule has 38 heavy (non-hydrogen) atoms. The molecule has 0 aromatic carbocycles. The molecule has 0 aromatic heterocycles. The minimum atomic E-state index is -1.36. The number of hydrogen-bond acceptors (Lipinski definition) is 10. The smallest absolute Gasteiger partial charge is 0.302 e. The zero-order chi connectivity index (χ0) is 28.6. The first-order chi connectivity index (χ1) is 17.8. The molecule has 13 atom stereocenters. The fourth-order valence-corrected chi connectivity index (χ4v) is 8.73. The van der Waals surface area contributed by atoms with Crippen molar-refractivity contribution < 1.29 is 48.2 Å². The fraction of sp³-hybridized carbons (Fsp3) is 0.929. The Morgan fingerprint density at radius 2 is 1.66 bits per heavy atom. The standard InChI is InChI=1S/C28H48O10/c1-14(37-17(4)29)11-28(36-9)20(13-33-6)24-22(34-7)10-21(31)23-15(2)27(32,12-19(23)25(24)28)26(35-8)16(3)38-18(5)30/h14-16,19-26,31-32H,10-13H2,1-9H3/t14-,15+,16+,19+,20+,21-,22-,23-,24-,25?,26-,27-,28-/m0/s1. The summed E-state index contributed by atoms with van der Waals surface area (Å²) >= 11 is 0. The minimum Gasteiger partial charge on any atom is -0.463 e. The molecular formula is C28H48O10. The van der Waals surface area contributed by atoms with Crippen molar-refractivity contribution in [3.05, 3.63) is 0 Å². The number of aliphatic hydroxyl groups excluding tert-OH is 1. The Hall–Kier alpha value is -1.30. The van der Waals surface area contributed by atoms with Crippen LogP contribution >= 0.6 is 0 Å².